The third kappa shape index (κ3) is 3.78. The molecule has 0 aliphatic heterocycles. The molecule has 0 fully saturated rings. The van der Waals surface area contributed by atoms with Crippen molar-refractivity contribution in [3.63, 3.8) is 0 Å². The summed E-state index contributed by atoms with van der Waals surface area (Å²) in [6.45, 7) is 8.06. The van der Waals surface area contributed by atoms with Crippen molar-refractivity contribution in [2.45, 2.75) is 39.8 Å². The highest BCUT2D eigenvalue weighted by Gasteiger charge is 2.14. The van der Waals surface area contributed by atoms with E-state index in [2.05, 4.69) is 6.07 Å². The minimum Gasteiger partial charge on any atom is -0.491 e. The summed E-state index contributed by atoms with van der Waals surface area (Å²) in [5, 5.41) is 0.778. The highest BCUT2D eigenvalue weighted by Crippen LogP contribution is 2.29. The van der Waals surface area contributed by atoms with Crippen LogP contribution in [0.3, 0.4) is 0 Å². The Labute approximate surface area is 131 Å². The lowest BCUT2D eigenvalue weighted by Crippen LogP contribution is -2.14. The lowest BCUT2D eigenvalue weighted by Gasteiger charge is -2.18. The predicted octanol–water partition coefficient (Wildman–Crippen LogP) is 4.79. The first-order valence-electron chi connectivity index (χ1n) is 7.17. The fourth-order valence-electron chi connectivity index (χ4n) is 2.37. The summed E-state index contributed by atoms with van der Waals surface area (Å²) in [5.41, 5.74) is 10.7. The van der Waals surface area contributed by atoms with Gasteiger partial charge in [0, 0.05) is 5.02 Å². The molecule has 0 radical (unpaired) electrons. The summed E-state index contributed by atoms with van der Waals surface area (Å²) in [6, 6.07) is 11.8. The van der Waals surface area contributed by atoms with Crippen molar-refractivity contribution in [1.82, 2.24) is 0 Å². The standard InChI is InChI=1S/C18H22ClNO/c1-11(2)21-15-7-5-6-14(10-15)18(20)16-8-13(4)17(19)9-12(16)3/h5-11,18H,20H2,1-4H3. The van der Waals surface area contributed by atoms with Crippen LogP contribution in [0.1, 0.15) is 42.1 Å². The molecule has 2 aromatic rings. The molecule has 0 amide bonds. The summed E-state index contributed by atoms with van der Waals surface area (Å²) in [6.07, 6.45) is 0.149. The van der Waals surface area contributed by atoms with E-state index in [-0.39, 0.29) is 12.1 Å². The molecule has 2 rings (SSSR count). The summed E-state index contributed by atoms with van der Waals surface area (Å²) < 4.78 is 5.74. The zero-order valence-electron chi connectivity index (χ0n) is 13.0. The highest BCUT2D eigenvalue weighted by atomic mass is 35.5. The van der Waals surface area contributed by atoms with Gasteiger partial charge in [0.25, 0.3) is 0 Å². The molecule has 2 aromatic carbocycles. The summed E-state index contributed by atoms with van der Waals surface area (Å²) in [5.74, 6) is 0.848. The second kappa shape index (κ2) is 6.50. The molecule has 0 heterocycles. The van der Waals surface area contributed by atoms with E-state index in [1.54, 1.807) is 0 Å². The number of benzene rings is 2. The fourth-order valence-corrected chi connectivity index (χ4v) is 2.59. The third-order valence-electron chi connectivity index (χ3n) is 3.47. The van der Waals surface area contributed by atoms with Gasteiger partial charge in [-0.25, -0.2) is 0 Å². The highest BCUT2D eigenvalue weighted by molar-refractivity contribution is 6.31. The molecule has 21 heavy (non-hydrogen) atoms. The minimum absolute atomic E-state index is 0.149. The van der Waals surface area contributed by atoms with Crippen molar-refractivity contribution in [3.8, 4) is 5.75 Å². The maximum atomic E-state index is 6.44. The van der Waals surface area contributed by atoms with Crippen molar-refractivity contribution in [3.05, 3.63) is 63.7 Å². The van der Waals surface area contributed by atoms with Gasteiger partial charge in [0.05, 0.1) is 12.1 Å². The minimum atomic E-state index is -0.184. The van der Waals surface area contributed by atoms with E-state index in [0.717, 1.165) is 33.0 Å². The third-order valence-corrected chi connectivity index (χ3v) is 3.88. The Bertz CT molecular complexity index is 637. The molecule has 0 saturated heterocycles. The smallest absolute Gasteiger partial charge is 0.120 e. The van der Waals surface area contributed by atoms with Crippen molar-refractivity contribution in [2.24, 2.45) is 5.73 Å². The van der Waals surface area contributed by atoms with Crippen LogP contribution in [0.15, 0.2) is 36.4 Å². The van der Waals surface area contributed by atoms with E-state index in [9.17, 15) is 0 Å². The maximum absolute atomic E-state index is 6.44. The van der Waals surface area contributed by atoms with Crippen LogP contribution in [0.5, 0.6) is 5.75 Å². The van der Waals surface area contributed by atoms with Crippen LogP contribution in [0, 0.1) is 13.8 Å². The van der Waals surface area contributed by atoms with Gasteiger partial charge in [0.2, 0.25) is 0 Å². The van der Waals surface area contributed by atoms with Crippen molar-refractivity contribution >= 4 is 11.6 Å². The normalized spacial score (nSPS) is 12.5. The zero-order valence-corrected chi connectivity index (χ0v) is 13.7. The monoisotopic (exact) mass is 303 g/mol. The summed E-state index contributed by atoms with van der Waals surface area (Å²) in [7, 11) is 0. The van der Waals surface area contributed by atoms with Gasteiger partial charge in [0.1, 0.15) is 5.75 Å². The molecule has 112 valence electrons. The van der Waals surface area contributed by atoms with E-state index >= 15 is 0 Å². The van der Waals surface area contributed by atoms with E-state index in [0.29, 0.717) is 0 Å². The van der Waals surface area contributed by atoms with E-state index < -0.39 is 0 Å². The van der Waals surface area contributed by atoms with Gasteiger partial charge < -0.3 is 10.5 Å². The molecular weight excluding hydrogens is 282 g/mol. The van der Waals surface area contributed by atoms with Gasteiger partial charge in [-0.2, -0.15) is 0 Å². The summed E-state index contributed by atoms with van der Waals surface area (Å²) in [4.78, 5) is 0. The van der Waals surface area contributed by atoms with Gasteiger partial charge in [-0.1, -0.05) is 29.8 Å². The van der Waals surface area contributed by atoms with Crippen LogP contribution < -0.4 is 10.5 Å². The topological polar surface area (TPSA) is 35.2 Å². The molecule has 0 aromatic heterocycles. The van der Waals surface area contributed by atoms with Crippen molar-refractivity contribution in [1.29, 1.82) is 0 Å². The van der Waals surface area contributed by atoms with Crippen LogP contribution in [0.4, 0.5) is 0 Å². The fraction of sp³-hybridized carbons (Fsp3) is 0.333. The maximum Gasteiger partial charge on any atom is 0.120 e. The second-order valence-corrected chi connectivity index (χ2v) is 6.08. The van der Waals surface area contributed by atoms with Crippen molar-refractivity contribution in [2.75, 3.05) is 0 Å². The molecule has 0 saturated carbocycles. The first-order valence-corrected chi connectivity index (χ1v) is 7.55. The van der Waals surface area contributed by atoms with Gasteiger partial charge >= 0.3 is 0 Å². The number of ether oxygens (including phenoxy) is 1. The number of rotatable bonds is 4. The Morgan fingerprint density at radius 2 is 1.76 bits per heavy atom. The van der Waals surface area contributed by atoms with Gasteiger partial charge in [-0.3, -0.25) is 0 Å². The molecule has 0 spiro atoms. The lowest BCUT2D eigenvalue weighted by molar-refractivity contribution is 0.242. The van der Waals surface area contributed by atoms with Crippen LogP contribution in [0.2, 0.25) is 5.02 Å². The number of halogens is 1. The average Bonchev–Trinajstić information content (AvgIpc) is 2.41. The Morgan fingerprint density at radius 1 is 1.05 bits per heavy atom. The van der Waals surface area contributed by atoms with Gasteiger partial charge in [-0.15, -0.1) is 0 Å². The average molecular weight is 304 g/mol. The molecule has 3 heteroatoms. The Balaban J connectivity index is 2.36. The van der Waals surface area contributed by atoms with Gasteiger partial charge in [0.15, 0.2) is 0 Å². The molecule has 2 nitrogen and oxygen atoms in total. The summed E-state index contributed by atoms with van der Waals surface area (Å²) >= 11 is 6.16. The largest absolute Gasteiger partial charge is 0.491 e. The Hall–Kier alpha value is -1.51. The molecular formula is C18H22ClNO. The number of aryl methyl sites for hydroxylation is 2. The van der Waals surface area contributed by atoms with Crippen LogP contribution in [-0.2, 0) is 0 Å². The number of nitrogens with two attached hydrogens (primary N) is 1. The zero-order chi connectivity index (χ0) is 15.6. The lowest BCUT2D eigenvalue weighted by atomic mass is 9.94. The van der Waals surface area contributed by atoms with Crippen LogP contribution >= 0.6 is 11.6 Å². The number of hydrogen-bond donors (Lipinski definition) is 1. The second-order valence-electron chi connectivity index (χ2n) is 5.67. The van der Waals surface area contributed by atoms with Crippen molar-refractivity contribution < 1.29 is 4.74 Å². The van der Waals surface area contributed by atoms with E-state index in [1.165, 1.54) is 0 Å². The predicted molar refractivity (Wildman–Crippen MR) is 89.2 cm³/mol. The van der Waals surface area contributed by atoms with Crippen LogP contribution in [-0.4, -0.2) is 6.10 Å². The molecule has 2 N–H and O–H groups in total. The Kier molecular flexibility index (Phi) is 4.92. The van der Waals surface area contributed by atoms with E-state index in [4.69, 9.17) is 22.1 Å². The first-order chi connectivity index (χ1) is 9.88. The molecule has 0 aliphatic rings. The van der Waals surface area contributed by atoms with E-state index in [1.807, 2.05) is 58.0 Å². The first kappa shape index (κ1) is 15.9. The molecule has 1 atom stereocenters. The number of hydrogen-bond acceptors (Lipinski definition) is 2. The molecule has 0 bridgehead atoms. The van der Waals surface area contributed by atoms with Gasteiger partial charge in [-0.05, 0) is 68.1 Å². The quantitative estimate of drug-likeness (QED) is 0.881. The molecule has 1 unspecified atom stereocenters. The molecule has 0 aliphatic carbocycles. The SMILES string of the molecule is Cc1cc(C(N)c2cccc(OC(C)C)c2)c(C)cc1Cl. The Morgan fingerprint density at radius 3 is 2.43 bits per heavy atom. The van der Waals surface area contributed by atoms with Crippen LogP contribution in [0.25, 0.3) is 0 Å².